The normalized spacial score (nSPS) is 10.7. The molecule has 0 unspecified atom stereocenters. The predicted molar refractivity (Wildman–Crippen MR) is 74.8 cm³/mol. The highest BCUT2D eigenvalue weighted by Gasteiger charge is 1.99. The van der Waals surface area contributed by atoms with Gasteiger partial charge in [0.25, 0.3) is 0 Å². The maximum absolute atomic E-state index is 5.63. The van der Waals surface area contributed by atoms with Crippen molar-refractivity contribution in [1.82, 2.24) is 15.3 Å². The number of pyridine rings is 2. The second-order valence-electron chi connectivity index (χ2n) is 4.63. The lowest BCUT2D eigenvalue weighted by Gasteiger charge is -2.08. The first-order valence-electron chi connectivity index (χ1n) is 6.45. The van der Waals surface area contributed by atoms with Crippen LogP contribution >= 0.6 is 0 Å². The van der Waals surface area contributed by atoms with Gasteiger partial charge < -0.3 is 10.1 Å². The Hall–Kier alpha value is -1.94. The number of hydrogen-bond acceptors (Lipinski definition) is 4. The van der Waals surface area contributed by atoms with E-state index in [1.54, 1.807) is 12.4 Å². The highest BCUT2D eigenvalue weighted by atomic mass is 16.5. The highest BCUT2D eigenvalue weighted by Crippen LogP contribution is 2.11. The van der Waals surface area contributed by atoms with Gasteiger partial charge >= 0.3 is 0 Å². The van der Waals surface area contributed by atoms with Crippen LogP contribution in [0.15, 0.2) is 42.7 Å². The van der Waals surface area contributed by atoms with Crippen molar-refractivity contribution in [1.29, 1.82) is 0 Å². The molecular weight excluding hydrogens is 238 g/mol. The second kappa shape index (κ2) is 6.85. The van der Waals surface area contributed by atoms with Crippen LogP contribution in [0.4, 0.5) is 0 Å². The summed E-state index contributed by atoms with van der Waals surface area (Å²) < 4.78 is 5.63. The number of aromatic nitrogens is 2. The van der Waals surface area contributed by atoms with Crippen LogP contribution in [0.5, 0.6) is 5.75 Å². The third kappa shape index (κ3) is 4.67. The van der Waals surface area contributed by atoms with Crippen molar-refractivity contribution in [2.24, 2.45) is 0 Å². The molecule has 0 spiro atoms. The van der Waals surface area contributed by atoms with E-state index in [-0.39, 0.29) is 0 Å². The Balaban J connectivity index is 1.85. The van der Waals surface area contributed by atoms with E-state index in [9.17, 15) is 0 Å². The Bertz CT molecular complexity index is 483. The highest BCUT2D eigenvalue weighted by molar-refractivity contribution is 5.20. The van der Waals surface area contributed by atoms with Gasteiger partial charge in [-0.05, 0) is 24.3 Å². The van der Waals surface area contributed by atoms with E-state index in [0.29, 0.717) is 12.6 Å². The van der Waals surface area contributed by atoms with Crippen LogP contribution in [0.1, 0.15) is 25.2 Å². The van der Waals surface area contributed by atoms with E-state index < -0.39 is 0 Å². The molecule has 2 aromatic heterocycles. The third-order valence-corrected chi connectivity index (χ3v) is 2.60. The number of ether oxygens (including phenoxy) is 1. The molecule has 0 saturated carbocycles. The summed E-state index contributed by atoms with van der Waals surface area (Å²) in [5.41, 5.74) is 1.92. The van der Waals surface area contributed by atoms with Crippen molar-refractivity contribution in [3.63, 3.8) is 0 Å². The fourth-order valence-electron chi connectivity index (χ4n) is 1.55. The van der Waals surface area contributed by atoms with E-state index in [4.69, 9.17) is 4.74 Å². The molecule has 2 aromatic rings. The van der Waals surface area contributed by atoms with Gasteiger partial charge in [0.2, 0.25) is 0 Å². The molecule has 0 aromatic carbocycles. The molecule has 4 heteroatoms. The number of nitrogens with one attached hydrogen (secondary N) is 1. The first kappa shape index (κ1) is 13.5. The van der Waals surface area contributed by atoms with Crippen LogP contribution in [0.25, 0.3) is 0 Å². The average molecular weight is 257 g/mol. The van der Waals surface area contributed by atoms with Crippen molar-refractivity contribution < 1.29 is 4.74 Å². The lowest BCUT2D eigenvalue weighted by Crippen LogP contribution is -2.22. The summed E-state index contributed by atoms with van der Waals surface area (Å²) in [7, 11) is 0. The minimum Gasteiger partial charge on any atom is -0.486 e. The summed E-state index contributed by atoms with van der Waals surface area (Å²) in [4.78, 5) is 8.56. The summed E-state index contributed by atoms with van der Waals surface area (Å²) in [5, 5.41) is 3.33. The molecule has 0 radical (unpaired) electrons. The zero-order chi connectivity index (χ0) is 13.5. The van der Waals surface area contributed by atoms with Crippen LogP contribution < -0.4 is 10.1 Å². The monoisotopic (exact) mass is 257 g/mol. The SMILES string of the molecule is CC(C)NCc1ccc(OCc2ccccn2)cn1. The molecule has 0 aliphatic heterocycles. The lowest BCUT2D eigenvalue weighted by molar-refractivity contribution is 0.300. The number of hydrogen-bond donors (Lipinski definition) is 1. The average Bonchev–Trinajstić information content (AvgIpc) is 2.45. The van der Waals surface area contributed by atoms with Crippen molar-refractivity contribution in [2.45, 2.75) is 33.0 Å². The van der Waals surface area contributed by atoms with Gasteiger partial charge in [-0.25, -0.2) is 0 Å². The topological polar surface area (TPSA) is 47.0 Å². The fraction of sp³-hybridized carbons (Fsp3) is 0.333. The molecule has 2 rings (SSSR count). The number of rotatable bonds is 6. The van der Waals surface area contributed by atoms with Crippen LogP contribution in [0.2, 0.25) is 0 Å². The molecule has 2 heterocycles. The Kier molecular flexibility index (Phi) is 4.86. The Morgan fingerprint density at radius 1 is 1.11 bits per heavy atom. The van der Waals surface area contributed by atoms with E-state index >= 15 is 0 Å². The standard InChI is InChI=1S/C15H19N3O/c1-12(2)17-9-13-6-7-15(10-18-13)19-11-14-5-3-4-8-16-14/h3-8,10,12,17H,9,11H2,1-2H3. The Labute approximate surface area is 113 Å². The summed E-state index contributed by atoms with van der Waals surface area (Å²) in [6.07, 6.45) is 3.51. The molecule has 0 fully saturated rings. The molecule has 100 valence electrons. The zero-order valence-electron chi connectivity index (χ0n) is 11.3. The first-order chi connectivity index (χ1) is 9.24. The van der Waals surface area contributed by atoms with Crippen molar-refractivity contribution in [2.75, 3.05) is 0 Å². The molecule has 0 saturated heterocycles. The molecule has 4 nitrogen and oxygen atoms in total. The predicted octanol–water partition coefficient (Wildman–Crippen LogP) is 2.55. The van der Waals surface area contributed by atoms with Crippen LogP contribution in [-0.4, -0.2) is 16.0 Å². The first-order valence-corrected chi connectivity index (χ1v) is 6.45. The van der Waals surface area contributed by atoms with Gasteiger partial charge in [-0.1, -0.05) is 19.9 Å². The second-order valence-corrected chi connectivity index (χ2v) is 4.63. The minimum absolute atomic E-state index is 0.460. The van der Waals surface area contributed by atoms with Crippen molar-refractivity contribution in [3.05, 3.63) is 54.1 Å². The lowest BCUT2D eigenvalue weighted by atomic mass is 10.3. The molecule has 0 aliphatic rings. The van der Waals surface area contributed by atoms with E-state index in [1.165, 1.54) is 0 Å². The fourth-order valence-corrected chi connectivity index (χ4v) is 1.55. The largest absolute Gasteiger partial charge is 0.486 e. The Morgan fingerprint density at radius 3 is 2.63 bits per heavy atom. The molecule has 0 amide bonds. The van der Waals surface area contributed by atoms with Gasteiger partial charge in [-0.2, -0.15) is 0 Å². The van der Waals surface area contributed by atoms with Crippen molar-refractivity contribution >= 4 is 0 Å². The quantitative estimate of drug-likeness (QED) is 0.864. The smallest absolute Gasteiger partial charge is 0.138 e. The molecule has 19 heavy (non-hydrogen) atoms. The summed E-state index contributed by atoms with van der Waals surface area (Å²) in [6, 6.07) is 10.2. The summed E-state index contributed by atoms with van der Waals surface area (Å²) >= 11 is 0. The maximum atomic E-state index is 5.63. The zero-order valence-corrected chi connectivity index (χ0v) is 11.3. The van der Waals surface area contributed by atoms with E-state index in [2.05, 4.69) is 29.1 Å². The van der Waals surface area contributed by atoms with Crippen LogP contribution in [0.3, 0.4) is 0 Å². The van der Waals surface area contributed by atoms with Gasteiger partial charge in [-0.15, -0.1) is 0 Å². The molecule has 0 aliphatic carbocycles. The van der Waals surface area contributed by atoms with Gasteiger partial charge in [0.1, 0.15) is 12.4 Å². The summed E-state index contributed by atoms with van der Waals surface area (Å²) in [5.74, 6) is 0.763. The summed E-state index contributed by atoms with van der Waals surface area (Å²) in [6.45, 7) is 5.47. The maximum Gasteiger partial charge on any atom is 0.138 e. The van der Waals surface area contributed by atoms with Gasteiger partial charge in [0, 0.05) is 18.8 Å². The molecular formula is C15H19N3O. The molecule has 0 atom stereocenters. The van der Waals surface area contributed by atoms with E-state index in [1.807, 2.05) is 30.3 Å². The Morgan fingerprint density at radius 2 is 2.00 bits per heavy atom. The van der Waals surface area contributed by atoms with Gasteiger partial charge in [-0.3, -0.25) is 9.97 Å². The van der Waals surface area contributed by atoms with Crippen LogP contribution in [0, 0.1) is 0 Å². The van der Waals surface area contributed by atoms with Gasteiger partial charge in [0.05, 0.1) is 17.6 Å². The third-order valence-electron chi connectivity index (χ3n) is 2.60. The van der Waals surface area contributed by atoms with Crippen LogP contribution in [-0.2, 0) is 13.2 Å². The van der Waals surface area contributed by atoms with Gasteiger partial charge in [0.15, 0.2) is 0 Å². The van der Waals surface area contributed by atoms with E-state index in [0.717, 1.165) is 23.7 Å². The minimum atomic E-state index is 0.460. The number of nitrogens with zero attached hydrogens (tertiary/aromatic N) is 2. The molecule has 1 N–H and O–H groups in total. The molecule has 0 bridgehead atoms. The van der Waals surface area contributed by atoms with Crippen molar-refractivity contribution in [3.8, 4) is 5.75 Å².